The number of nitrogens with zero attached hydrogens (tertiary/aromatic N) is 5. The molecule has 7 heteroatoms. The summed E-state index contributed by atoms with van der Waals surface area (Å²) in [6, 6.07) is 6.32. The van der Waals surface area contributed by atoms with E-state index in [0.29, 0.717) is 12.5 Å². The van der Waals surface area contributed by atoms with E-state index in [1.54, 1.807) is 11.3 Å². The molecule has 2 aliphatic rings. The molecule has 0 atom stereocenters. The van der Waals surface area contributed by atoms with Crippen LogP contribution in [0.3, 0.4) is 0 Å². The van der Waals surface area contributed by atoms with Crippen molar-refractivity contribution in [2.24, 2.45) is 0 Å². The number of aromatic nitrogens is 2. The van der Waals surface area contributed by atoms with Gasteiger partial charge in [-0.1, -0.05) is 0 Å². The van der Waals surface area contributed by atoms with Gasteiger partial charge in [-0.15, -0.1) is 11.3 Å². The van der Waals surface area contributed by atoms with E-state index < -0.39 is 0 Å². The van der Waals surface area contributed by atoms with Gasteiger partial charge in [0.25, 0.3) is 0 Å². The summed E-state index contributed by atoms with van der Waals surface area (Å²) in [7, 11) is 0. The molecule has 3 aromatic heterocycles. The average molecular weight is 369 g/mol. The lowest BCUT2D eigenvalue weighted by Crippen LogP contribution is -2.50. The fourth-order valence-electron chi connectivity index (χ4n) is 4.08. The lowest BCUT2D eigenvalue weighted by Gasteiger charge is -2.36. The van der Waals surface area contributed by atoms with E-state index in [1.807, 2.05) is 4.90 Å². The second-order valence-electron chi connectivity index (χ2n) is 7.16. The maximum atomic E-state index is 12.4. The van der Waals surface area contributed by atoms with Crippen molar-refractivity contribution in [1.29, 1.82) is 0 Å². The highest BCUT2D eigenvalue weighted by Crippen LogP contribution is 2.28. The van der Waals surface area contributed by atoms with Crippen molar-refractivity contribution >= 4 is 38.9 Å². The maximum Gasteiger partial charge on any atom is 0.236 e. The SMILES string of the molecule is O=C(CN1CCN(c2nc3ccsc3n3cccc23)CC1)N1CCCC1. The second-order valence-corrected chi connectivity index (χ2v) is 8.06. The van der Waals surface area contributed by atoms with E-state index in [9.17, 15) is 4.79 Å². The Hall–Kier alpha value is -2.12. The molecule has 6 nitrogen and oxygen atoms in total. The van der Waals surface area contributed by atoms with E-state index in [4.69, 9.17) is 4.98 Å². The topological polar surface area (TPSA) is 44.1 Å². The molecule has 2 saturated heterocycles. The first-order chi connectivity index (χ1) is 12.8. The van der Waals surface area contributed by atoms with Gasteiger partial charge < -0.3 is 14.2 Å². The van der Waals surface area contributed by atoms with E-state index in [1.165, 1.54) is 10.3 Å². The Labute approximate surface area is 156 Å². The van der Waals surface area contributed by atoms with Gasteiger partial charge in [0.05, 0.1) is 12.1 Å². The molecule has 2 fully saturated rings. The summed E-state index contributed by atoms with van der Waals surface area (Å²) in [5.41, 5.74) is 2.22. The first-order valence-corrected chi connectivity index (χ1v) is 10.3. The van der Waals surface area contributed by atoms with Crippen molar-refractivity contribution in [2.75, 3.05) is 50.7 Å². The third-order valence-electron chi connectivity index (χ3n) is 5.54. The van der Waals surface area contributed by atoms with Crippen molar-refractivity contribution in [3.63, 3.8) is 0 Å². The van der Waals surface area contributed by atoms with Crippen molar-refractivity contribution in [1.82, 2.24) is 19.2 Å². The van der Waals surface area contributed by atoms with E-state index in [2.05, 4.69) is 44.0 Å². The Morgan fingerprint density at radius 1 is 1.08 bits per heavy atom. The smallest absolute Gasteiger partial charge is 0.236 e. The number of carbonyl (C=O) groups is 1. The summed E-state index contributed by atoms with van der Waals surface area (Å²) >= 11 is 1.73. The molecule has 0 aliphatic carbocycles. The highest BCUT2D eigenvalue weighted by Gasteiger charge is 2.25. The highest BCUT2D eigenvalue weighted by molar-refractivity contribution is 7.16. The van der Waals surface area contributed by atoms with Gasteiger partial charge in [-0.3, -0.25) is 9.69 Å². The molecule has 0 aromatic carbocycles. The molecular weight excluding hydrogens is 346 g/mol. The van der Waals surface area contributed by atoms with Crippen molar-refractivity contribution in [3.8, 4) is 0 Å². The Kier molecular flexibility index (Phi) is 4.05. The van der Waals surface area contributed by atoms with Crippen LogP contribution >= 0.6 is 11.3 Å². The van der Waals surface area contributed by atoms with Gasteiger partial charge in [0.15, 0.2) is 5.82 Å². The van der Waals surface area contributed by atoms with Crippen LogP contribution in [0.25, 0.3) is 15.9 Å². The standard InChI is InChI=1S/C19H23N5OS/c25-17(22-6-1-2-7-22)14-21-9-11-23(12-10-21)18-16-4-3-8-24(16)19-15(20-18)5-13-26-19/h3-5,8,13H,1-2,6-7,9-12,14H2. The second kappa shape index (κ2) is 6.55. The first kappa shape index (κ1) is 16.1. The quantitative estimate of drug-likeness (QED) is 0.711. The van der Waals surface area contributed by atoms with Crippen molar-refractivity contribution in [2.45, 2.75) is 12.8 Å². The molecule has 2 aliphatic heterocycles. The van der Waals surface area contributed by atoms with Crippen LogP contribution in [0.15, 0.2) is 29.8 Å². The van der Waals surface area contributed by atoms with E-state index >= 15 is 0 Å². The zero-order valence-electron chi connectivity index (χ0n) is 14.8. The molecular formula is C19H23N5OS. The van der Waals surface area contributed by atoms with Gasteiger partial charge in [-0.05, 0) is 36.4 Å². The number of amides is 1. The van der Waals surface area contributed by atoms with E-state index in [-0.39, 0.29) is 0 Å². The molecule has 0 N–H and O–H groups in total. The van der Waals surface area contributed by atoms with Crippen LogP contribution in [0, 0.1) is 0 Å². The Morgan fingerprint density at radius 2 is 1.88 bits per heavy atom. The van der Waals surface area contributed by atoms with Crippen LogP contribution in [0.4, 0.5) is 5.82 Å². The van der Waals surface area contributed by atoms with Crippen LogP contribution in [-0.4, -0.2) is 70.9 Å². The Balaban J connectivity index is 1.31. The minimum atomic E-state index is 0.294. The third-order valence-corrected chi connectivity index (χ3v) is 6.44. The summed E-state index contributed by atoms with van der Waals surface area (Å²) in [4.78, 5) is 25.2. The number of likely N-dealkylation sites (tertiary alicyclic amines) is 1. The number of rotatable bonds is 3. The lowest BCUT2D eigenvalue weighted by molar-refractivity contribution is -0.131. The van der Waals surface area contributed by atoms with Gasteiger partial charge in [0, 0.05) is 45.5 Å². The summed E-state index contributed by atoms with van der Waals surface area (Å²) < 4.78 is 2.24. The van der Waals surface area contributed by atoms with Crippen LogP contribution < -0.4 is 4.90 Å². The minimum Gasteiger partial charge on any atom is -0.352 e. The van der Waals surface area contributed by atoms with Crippen molar-refractivity contribution < 1.29 is 4.79 Å². The summed E-state index contributed by atoms with van der Waals surface area (Å²) in [6.45, 7) is 6.09. The number of thiophene rings is 1. The number of carbonyl (C=O) groups excluding carboxylic acids is 1. The predicted molar refractivity (Wildman–Crippen MR) is 105 cm³/mol. The molecule has 0 saturated carbocycles. The fraction of sp³-hybridized carbons (Fsp3) is 0.474. The molecule has 1 amide bonds. The van der Waals surface area contributed by atoms with Crippen LogP contribution in [-0.2, 0) is 4.79 Å². The van der Waals surface area contributed by atoms with Crippen LogP contribution in [0.5, 0.6) is 0 Å². The molecule has 0 unspecified atom stereocenters. The Bertz CT molecular complexity index is 934. The Morgan fingerprint density at radius 3 is 2.69 bits per heavy atom. The molecule has 3 aromatic rings. The molecule has 5 rings (SSSR count). The van der Waals surface area contributed by atoms with Gasteiger partial charge in [0.1, 0.15) is 10.3 Å². The van der Waals surface area contributed by atoms with Gasteiger partial charge >= 0.3 is 0 Å². The van der Waals surface area contributed by atoms with Gasteiger partial charge in [-0.2, -0.15) is 0 Å². The molecule has 26 heavy (non-hydrogen) atoms. The average Bonchev–Trinajstić information content (AvgIpc) is 3.41. The number of hydrogen-bond acceptors (Lipinski definition) is 5. The molecule has 0 bridgehead atoms. The normalized spacial score (nSPS) is 19.1. The predicted octanol–water partition coefficient (Wildman–Crippen LogP) is 2.29. The maximum absolute atomic E-state index is 12.4. The molecule has 0 radical (unpaired) electrons. The zero-order valence-corrected chi connectivity index (χ0v) is 15.6. The van der Waals surface area contributed by atoms with Crippen molar-refractivity contribution in [3.05, 3.63) is 29.8 Å². The molecule has 136 valence electrons. The minimum absolute atomic E-state index is 0.294. The number of anilines is 1. The first-order valence-electron chi connectivity index (χ1n) is 9.39. The monoisotopic (exact) mass is 369 g/mol. The number of piperazine rings is 1. The number of fused-ring (bicyclic) bond motifs is 3. The lowest BCUT2D eigenvalue weighted by atomic mass is 10.3. The zero-order chi connectivity index (χ0) is 17.5. The molecule has 0 spiro atoms. The fourth-order valence-corrected chi connectivity index (χ4v) is 4.91. The van der Waals surface area contributed by atoms with Crippen LogP contribution in [0.1, 0.15) is 12.8 Å². The van der Waals surface area contributed by atoms with Gasteiger partial charge in [0.2, 0.25) is 5.91 Å². The highest BCUT2D eigenvalue weighted by atomic mass is 32.1. The van der Waals surface area contributed by atoms with Gasteiger partial charge in [-0.25, -0.2) is 4.98 Å². The summed E-state index contributed by atoms with van der Waals surface area (Å²) in [5, 5.41) is 2.10. The van der Waals surface area contributed by atoms with Crippen LogP contribution in [0.2, 0.25) is 0 Å². The summed E-state index contributed by atoms with van der Waals surface area (Å²) in [6.07, 6.45) is 4.43. The molecule has 5 heterocycles. The largest absolute Gasteiger partial charge is 0.352 e. The summed E-state index contributed by atoms with van der Waals surface area (Å²) in [5.74, 6) is 1.36. The van der Waals surface area contributed by atoms with E-state index in [0.717, 1.165) is 63.4 Å². The number of hydrogen-bond donors (Lipinski definition) is 0. The third kappa shape index (κ3) is 2.75.